The number of hydrogen-bond acceptors (Lipinski definition) is 6. The van der Waals surface area contributed by atoms with Crippen LogP contribution in [0.5, 0.6) is 0 Å². The van der Waals surface area contributed by atoms with Crippen LogP contribution in [0.3, 0.4) is 0 Å². The number of carbonyl (C=O) groups excluding carboxylic acids is 1. The predicted octanol–water partition coefficient (Wildman–Crippen LogP) is 3.05. The molecule has 0 amide bonds. The molecule has 3 N–H and O–H groups in total. The van der Waals surface area contributed by atoms with Crippen molar-refractivity contribution in [3.05, 3.63) is 4.88 Å². The lowest BCUT2D eigenvalue weighted by Gasteiger charge is -2.04. The van der Waals surface area contributed by atoms with E-state index < -0.39 is 0 Å². The fourth-order valence-corrected chi connectivity index (χ4v) is 3.74. The fraction of sp³-hybridized carbons (Fsp3) is 0.583. The summed E-state index contributed by atoms with van der Waals surface area (Å²) < 4.78 is 5.02. The zero-order valence-electron chi connectivity index (χ0n) is 10.8. The third-order valence-electron chi connectivity index (χ3n) is 2.99. The normalized spacial score (nSPS) is 21.7. The largest absolute Gasteiger partial charge is 0.462 e. The number of thiophene rings is 1. The van der Waals surface area contributed by atoms with Gasteiger partial charge in [0.15, 0.2) is 0 Å². The van der Waals surface area contributed by atoms with Crippen molar-refractivity contribution in [3.8, 4) is 0 Å². The van der Waals surface area contributed by atoms with E-state index >= 15 is 0 Å². The monoisotopic (exact) mass is 286 g/mol. The zero-order chi connectivity index (χ0) is 13.3. The van der Waals surface area contributed by atoms with Gasteiger partial charge in [0.1, 0.15) is 9.88 Å². The third-order valence-corrected chi connectivity index (χ3v) is 5.07. The average Bonchev–Trinajstić information content (AvgIpc) is 2.91. The number of thioether (sulfide) groups is 1. The van der Waals surface area contributed by atoms with E-state index in [4.69, 9.17) is 10.5 Å². The molecule has 100 valence electrons. The molecule has 1 aliphatic rings. The SMILES string of the molecule is CCOC(=O)c1sc(NC2CC2C)c(SC)c1N. The van der Waals surface area contributed by atoms with Gasteiger partial charge in [0.2, 0.25) is 0 Å². The number of esters is 1. The maximum absolute atomic E-state index is 11.8. The molecule has 1 heterocycles. The zero-order valence-corrected chi connectivity index (χ0v) is 12.4. The second kappa shape index (κ2) is 5.40. The first kappa shape index (κ1) is 13.5. The smallest absolute Gasteiger partial charge is 0.350 e. The molecule has 4 nitrogen and oxygen atoms in total. The molecule has 2 atom stereocenters. The third kappa shape index (κ3) is 2.59. The van der Waals surface area contributed by atoms with Crippen molar-refractivity contribution in [1.29, 1.82) is 0 Å². The Morgan fingerprint density at radius 2 is 2.33 bits per heavy atom. The average molecular weight is 286 g/mol. The van der Waals surface area contributed by atoms with Crippen molar-refractivity contribution in [2.45, 2.75) is 31.2 Å². The number of nitrogens with two attached hydrogens (primary N) is 1. The maximum Gasteiger partial charge on any atom is 0.350 e. The van der Waals surface area contributed by atoms with E-state index in [-0.39, 0.29) is 5.97 Å². The number of rotatable bonds is 5. The van der Waals surface area contributed by atoms with Gasteiger partial charge in [-0.3, -0.25) is 0 Å². The van der Waals surface area contributed by atoms with E-state index in [1.54, 1.807) is 18.7 Å². The van der Waals surface area contributed by atoms with Gasteiger partial charge in [-0.25, -0.2) is 4.79 Å². The summed E-state index contributed by atoms with van der Waals surface area (Å²) in [5.74, 6) is 0.376. The van der Waals surface area contributed by atoms with E-state index in [2.05, 4.69) is 12.2 Å². The molecule has 0 aromatic carbocycles. The van der Waals surface area contributed by atoms with Gasteiger partial charge in [0.05, 0.1) is 17.2 Å². The molecule has 0 bridgehead atoms. The van der Waals surface area contributed by atoms with Crippen LogP contribution in [0.2, 0.25) is 0 Å². The van der Waals surface area contributed by atoms with Gasteiger partial charge < -0.3 is 15.8 Å². The van der Waals surface area contributed by atoms with Crippen LogP contribution < -0.4 is 11.1 Å². The molecule has 0 saturated heterocycles. The standard InChI is InChI=1S/C12H18N2O2S2/c1-4-16-12(15)10-8(13)9(17-3)11(18-10)14-7-5-6(7)2/h6-7,14H,4-5,13H2,1-3H3. The number of ether oxygens (including phenoxy) is 1. The van der Waals surface area contributed by atoms with Crippen molar-refractivity contribution in [2.24, 2.45) is 5.92 Å². The van der Waals surface area contributed by atoms with Crippen molar-refractivity contribution in [3.63, 3.8) is 0 Å². The Balaban J connectivity index is 2.23. The van der Waals surface area contributed by atoms with Crippen molar-refractivity contribution in [2.75, 3.05) is 23.9 Å². The molecule has 18 heavy (non-hydrogen) atoms. The first-order chi connectivity index (χ1) is 8.58. The minimum absolute atomic E-state index is 0.327. The minimum atomic E-state index is -0.327. The Morgan fingerprint density at radius 1 is 1.67 bits per heavy atom. The van der Waals surface area contributed by atoms with Crippen molar-refractivity contribution in [1.82, 2.24) is 0 Å². The minimum Gasteiger partial charge on any atom is -0.462 e. The molecular formula is C12H18N2O2S2. The summed E-state index contributed by atoms with van der Waals surface area (Å²) in [4.78, 5) is 13.3. The number of hydrogen-bond donors (Lipinski definition) is 2. The van der Waals surface area contributed by atoms with Crippen LogP contribution in [0.15, 0.2) is 4.90 Å². The van der Waals surface area contributed by atoms with E-state index in [1.165, 1.54) is 17.8 Å². The van der Waals surface area contributed by atoms with Crippen LogP contribution in [0.4, 0.5) is 10.7 Å². The molecule has 0 radical (unpaired) electrons. The summed E-state index contributed by atoms with van der Waals surface area (Å²) in [5, 5.41) is 4.45. The summed E-state index contributed by atoms with van der Waals surface area (Å²) >= 11 is 2.96. The van der Waals surface area contributed by atoms with Crippen LogP contribution in [0, 0.1) is 5.92 Å². The highest BCUT2D eigenvalue weighted by Crippen LogP contribution is 2.44. The van der Waals surface area contributed by atoms with Gasteiger partial charge in [-0.2, -0.15) is 0 Å². The van der Waals surface area contributed by atoms with Gasteiger partial charge >= 0.3 is 5.97 Å². The Morgan fingerprint density at radius 3 is 2.83 bits per heavy atom. The molecular weight excluding hydrogens is 268 g/mol. The van der Waals surface area contributed by atoms with Crippen molar-refractivity contribution >= 4 is 39.8 Å². The van der Waals surface area contributed by atoms with Crippen LogP contribution in [0.1, 0.15) is 29.9 Å². The Labute approximate surface area is 115 Å². The Bertz CT molecular complexity index is 459. The van der Waals surface area contributed by atoms with Gasteiger partial charge in [-0.1, -0.05) is 6.92 Å². The Hall–Kier alpha value is -0.880. The molecule has 1 fully saturated rings. The van der Waals surface area contributed by atoms with E-state index in [1.807, 2.05) is 6.26 Å². The topological polar surface area (TPSA) is 64.3 Å². The van der Waals surface area contributed by atoms with Gasteiger partial charge in [0, 0.05) is 6.04 Å². The van der Waals surface area contributed by atoms with E-state index in [0.717, 1.165) is 9.90 Å². The maximum atomic E-state index is 11.8. The first-order valence-corrected chi connectivity index (χ1v) is 8.02. The van der Waals surface area contributed by atoms with Crippen LogP contribution >= 0.6 is 23.1 Å². The quantitative estimate of drug-likeness (QED) is 0.643. The summed E-state index contributed by atoms with van der Waals surface area (Å²) in [5.41, 5.74) is 6.57. The molecule has 0 aliphatic heterocycles. The van der Waals surface area contributed by atoms with Gasteiger partial charge in [-0.15, -0.1) is 23.1 Å². The number of nitrogen functional groups attached to an aromatic ring is 1. The highest BCUT2D eigenvalue weighted by Gasteiger charge is 2.34. The lowest BCUT2D eigenvalue weighted by atomic mass is 10.4. The van der Waals surface area contributed by atoms with Crippen LogP contribution in [-0.2, 0) is 4.74 Å². The van der Waals surface area contributed by atoms with Crippen molar-refractivity contribution < 1.29 is 9.53 Å². The lowest BCUT2D eigenvalue weighted by molar-refractivity contribution is 0.0533. The van der Waals surface area contributed by atoms with E-state index in [9.17, 15) is 4.79 Å². The Kier molecular flexibility index (Phi) is 4.07. The summed E-state index contributed by atoms with van der Waals surface area (Å²) in [6.45, 7) is 4.37. The highest BCUT2D eigenvalue weighted by molar-refractivity contribution is 7.99. The summed E-state index contributed by atoms with van der Waals surface area (Å²) in [6.07, 6.45) is 3.15. The fourth-order valence-electron chi connectivity index (χ4n) is 1.77. The summed E-state index contributed by atoms with van der Waals surface area (Å²) in [7, 11) is 0. The summed E-state index contributed by atoms with van der Waals surface area (Å²) in [6, 6.07) is 0.518. The second-order valence-corrected chi connectivity index (χ2v) is 6.23. The number of anilines is 2. The molecule has 1 aromatic rings. The molecule has 1 aromatic heterocycles. The molecule has 2 rings (SSSR count). The van der Waals surface area contributed by atoms with E-state index in [0.29, 0.717) is 29.1 Å². The second-order valence-electron chi connectivity index (χ2n) is 4.39. The molecule has 6 heteroatoms. The van der Waals surface area contributed by atoms with Crippen LogP contribution in [0.25, 0.3) is 0 Å². The molecule has 2 unspecified atom stereocenters. The lowest BCUT2D eigenvalue weighted by Crippen LogP contribution is -2.04. The van der Waals surface area contributed by atoms with Gasteiger partial charge in [-0.05, 0) is 25.5 Å². The molecule has 1 saturated carbocycles. The van der Waals surface area contributed by atoms with Gasteiger partial charge in [0.25, 0.3) is 0 Å². The molecule has 0 spiro atoms. The molecule has 1 aliphatic carbocycles. The van der Waals surface area contributed by atoms with Crippen LogP contribution in [-0.4, -0.2) is 24.9 Å². The number of nitrogens with one attached hydrogen (secondary N) is 1. The highest BCUT2D eigenvalue weighted by atomic mass is 32.2. The predicted molar refractivity (Wildman–Crippen MR) is 77.7 cm³/mol. The number of carbonyl (C=O) groups is 1. The first-order valence-electron chi connectivity index (χ1n) is 5.98.